The first-order valence-corrected chi connectivity index (χ1v) is 7.06. The zero-order valence-corrected chi connectivity index (χ0v) is 12.1. The lowest BCUT2D eigenvalue weighted by atomic mass is 10.0. The third kappa shape index (κ3) is 3.24. The van der Waals surface area contributed by atoms with Gasteiger partial charge in [-0.1, -0.05) is 37.3 Å². The van der Waals surface area contributed by atoms with Crippen LogP contribution in [0.15, 0.2) is 36.4 Å². The van der Waals surface area contributed by atoms with Gasteiger partial charge >= 0.3 is 0 Å². The van der Waals surface area contributed by atoms with Crippen molar-refractivity contribution in [3.63, 3.8) is 0 Å². The zero-order chi connectivity index (χ0) is 13.7. The molecule has 1 heterocycles. The monoisotopic (exact) mass is 257 g/mol. The quantitative estimate of drug-likeness (QED) is 0.862. The number of benzene rings is 1. The van der Waals surface area contributed by atoms with Gasteiger partial charge in [-0.2, -0.15) is 5.10 Å². The third-order valence-corrected chi connectivity index (χ3v) is 3.51. The van der Waals surface area contributed by atoms with Crippen molar-refractivity contribution in [2.75, 3.05) is 7.05 Å². The number of hydrogen-bond acceptors (Lipinski definition) is 2. The second-order valence-electron chi connectivity index (χ2n) is 4.76. The van der Waals surface area contributed by atoms with Gasteiger partial charge in [-0.3, -0.25) is 4.68 Å². The first-order chi connectivity index (χ1) is 9.28. The minimum Gasteiger partial charge on any atom is -0.311 e. The van der Waals surface area contributed by atoms with Crippen LogP contribution < -0.4 is 5.32 Å². The van der Waals surface area contributed by atoms with Gasteiger partial charge < -0.3 is 5.32 Å². The molecule has 0 aliphatic carbocycles. The maximum atomic E-state index is 4.63. The molecule has 0 bridgehead atoms. The lowest BCUT2D eigenvalue weighted by Crippen LogP contribution is -2.22. The molecule has 0 saturated heterocycles. The number of rotatable bonds is 6. The van der Waals surface area contributed by atoms with E-state index in [0.29, 0.717) is 6.04 Å². The second kappa shape index (κ2) is 6.53. The van der Waals surface area contributed by atoms with E-state index < -0.39 is 0 Å². The topological polar surface area (TPSA) is 29.9 Å². The van der Waals surface area contributed by atoms with E-state index in [1.807, 2.05) is 7.05 Å². The number of likely N-dealkylation sites (N-methyl/N-ethyl adjacent to an activating group) is 1. The summed E-state index contributed by atoms with van der Waals surface area (Å²) in [6.45, 7) is 5.21. The lowest BCUT2D eigenvalue weighted by molar-refractivity contribution is 0.512. The number of nitrogens with one attached hydrogen (secondary N) is 1. The minimum absolute atomic E-state index is 0.315. The molecular formula is C16H23N3. The molecule has 0 amide bonds. The summed E-state index contributed by atoms with van der Waals surface area (Å²) in [4.78, 5) is 0. The van der Waals surface area contributed by atoms with E-state index in [4.69, 9.17) is 0 Å². The predicted octanol–water partition coefficient (Wildman–Crippen LogP) is 2.97. The van der Waals surface area contributed by atoms with Gasteiger partial charge in [0, 0.05) is 6.54 Å². The molecule has 2 aromatic rings. The van der Waals surface area contributed by atoms with E-state index in [-0.39, 0.29) is 0 Å². The predicted molar refractivity (Wildman–Crippen MR) is 79.2 cm³/mol. The molecule has 1 aromatic heterocycles. The molecule has 1 aromatic carbocycles. The molecule has 0 aliphatic heterocycles. The molecule has 1 unspecified atom stereocenters. The average Bonchev–Trinajstić information content (AvgIpc) is 2.89. The van der Waals surface area contributed by atoms with Gasteiger partial charge in [0.15, 0.2) is 0 Å². The van der Waals surface area contributed by atoms with Crippen molar-refractivity contribution in [2.24, 2.45) is 0 Å². The molecule has 102 valence electrons. The number of nitrogens with zero attached hydrogens (tertiary/aromatic N) is 2. The summed E-state index contributed by atoms with van der Waals surface area (Å²) in [6.07, 6.45) is 1.98. The first kappa shape index (κ1) is 13.8. The van der Waals surface area contributed by atoms with Crippen LogP contribution in [0.2, 0.25) is 0 Å². The van der Waals surface area contributed by atoms with Crippen LogP contribution in [0, 0.1) is 0 Å². The first-order valence-electron chi connectivity index (χ1n) is 7.06. The van der Waals surface area contributed by atoms with Crippen LogP contribution in [0.1, 0.15) is 36.8 Å². The van der Waals surface area contributed by atoms with Crippen LogP contribution in [0.4, 0.5) is 0 Å². The Morgan fingerprint density at radius 2 is 1.95 bits per heavy atom. The Kier molecular flexibility index (Phi) is 4.74. The summed E-state index contributed by atoms with van der Waals surface area (Å²) in [5.41, 5.74) is 3.81. The fourth-order valence-electron chi connectivity index (χ4n) is 2.40. The Hall–Kier alpha value is -1.61. The SMILES string of the molecule is CCc1cc(C(Cc2ccccc2)NC)n(CC)n1. The van der Waals surface area contributed by atoms with E-state index in [2.05, 4.69) is 65.3 Å². The van der Waals surface area contributed by atoms with Crippen molar-refractivity contribution in [3.8, 4) is 0 Å². The van der Waals surface area contributed by atoms with Gasteiger partial charge in [0.1, 0.15) is 0 Å². The average molecular weight is 257 g/mol. The fraction of sp³-hybridized carbons (Fsp3) is 0.438. The van der Waals surface area contributed by atoms with E-state index in [1.54, 1.807) is 0 Å². The van der Waals surface area contributed by atoms with Crippen LogP contribution in [0.3, 0.4) is 0 Å². The highest BCUT2D eigenvalue weighted by Gasteiger charge is 2.16. The van der Waals surface area contributed by atoms with Gasteiger partial charge in [0.05, 0.1) is 17.4 Å². The van der Waals surface area contributed by atoms with E-state index >= 15 is 0 Å². The van der Waals surface area contributed by atoms with E-state index in [1.165, 1.54) is 17.0 Å². The molecule has 0 aliphatic rings. The summed E-state index contributed by atoms with van der Waals surface area (Å²) in [6, 6.07) is 13.1. The maximum absolute atomic E-state index is 4.63. The smallest absolute Gasteiger partial charge is 0.0625 e. The zero-order valence-electron chi connectivity index (χ0n) is 12.1. The number of hydrogen-bond donors (Lipinski definition) is 1. The standard InChI is InChI=1S/C16H23N3/c1-4-14-12-16(19(5-2)18-14)15(17-3)11-13-9-7-6-8-10-13/h6-10,12,15,17H,4-5,11H2,1-3H3. The fourth-order valence-corrected chi connectivity index (χ4v) is 2.40. The van der Waals surface area contributed by atoms with Gasteiger partial charge in [-0.15, -0.1) is 0 Å². The molecule has 0 spiro atoms. The van der Waals surface area contributed by atoms with Crippen molar-refractivity contribution in [1.82, 2.24) is 15.1 Å². The summed E-state index contributed by atoms with van der Waals surface area (Å²) in [5.74, 6) is 0. The molecular weight excluding hydrogens is 234 g/mol. The van der Waals surface area contributed by atoms with Crippen molar-refractivity contribution in [1.29, 1.82) is 0 Å². The Labute approximate surface area is 115 Å². The second-order valence-corrected chi connectivity index (χ2v) is 4.76. The summed E-state index contributed by atoms with van der Waals surface area (Å²) in [5, 5.41) is 8.05. The molecule has 0 fully saturated rings. The molecule has 1 atom stereocenters. The molecule has 0 radical (unpaired) electrons. The van der Waals surface area contributed by atoms with Crippen LogP contribution >= 0.6 is 0 Å². The van der Waals surface area contributed by atoms with Gasteiger partial charge in [0.25, 0.3) is 0 Å². The number of aryl methyl sites for hydroxylation is 2. The van der Waals surface area contributed by atoms with Gasteiger partial charge in [-0.25, -0.2) is 0 Å². The molecule has 19 heavy (non-hydrogen) atoms. The molecule has 2 rings (SSSR count). The highest BCUT2D eigenvalue weighted by molar-refractivity contribution is 5.21. The highest BCUT2D eigenvalue weighted by Crippen LogP contribution is 2.19. The number of aromatic nitrogens is 2. The minimum atomic E-state index is 0.315. The third-order valence-electron chi connectivity index (χ3n) is 3.51. The summed E-state index contributed by atoms with van der Waals surface area (Å²) >= 11 is 0. The Balaban J connectivity index is 2.24. The maximum Gasteiger partial charge on any atom is 0.0625 e. The van der Waals surface area contributed by atoms with Crippen LogP contribution in [-0.2, 0) is 19.4 Å². The Morgan fingerprint density at radius 1 is 1.21 bits per heavy atom. The molecule has 3 nitrogen and oxygen atoms in total. The van der Waals surface area contributed by atoms with Crippen LogP contribution in [-0.4, -0.2) is 16.8 Å². The summed E-state index contributed by atoms with van der Waals surface area (Å²) in [7, 11) is 2.02. The van der Waals surface area contributed by atoms with Crippen molar-refractivity contribution in [3.05, 3.63) is 53.3 Å². The van der Waals surface area contributed by atoms with Gasteiger partial charge in [-0.05, 0) is 38.4 Å². The van der Waals surface area contributed by atoms with Gasteiger partial charge in [0.2, 0.25) is 0 Å². The summed E-state index contributed by atoms with van der Waals surface area (Å²) < 4.78 is 2.11. The van der Waals surface area contributed by atoms with Crippen LogP contribution in [0.5, 0.6) is 0 Å². The van der Waals surface area contributed by atoms with E-state index in [9.17, 15) is 0 Å². The Morgan fingerprint density at radius 3 is 2.53 bits per heavy atom. The highest BCUT2D eigenvalue weighted by atomic mass is 15.3. The molecule has 3 heteroatoms. The normalized spacial score (nSPS) is 12.6. The van der Waals surface area contributed by atoms with Crippen molar-refractivity contribution >= 4 is 0 Å². The van der Waals surface area contributed by atoms with Crippen molar-refractivity contribution < 1.29 is 0 Å². The Bertz CT molecular complexity index is 502. The van der Waals surface area contributed by atoms with Crippen molar-refractivity contribution in [2.45, 2.75) is 39.3 Å². The van der Waals surface area contributed by atoms with E-state index in [0.717, 1.165) is 19.4 Å². The largest absolute Gasteiger partial charge is 0.311 e. The van der Waals surface area contributed by atoms with Crippen LogP contribution in [0.25, 0.3) is 0 Å². The molecule has 0 saturated carbocycles. The molecule has 1 N–H and O–H groups in total. The lowest BCUT2D eigenvalue weighted by Gasteiger charge is -2.17.